The molecule has 110 valence electrons. The van der Waals surface area contributed by atoms with E-state index in [1.807, 2.05) is 30.3 Å². The van der Waals surface area contributed by atoms with Crippen LogP contribution in [0.15, 0.2) is 46.9 Å². The van der Waals surface area contributed by atoms with Crippen molar-refractivity contribution in [2.75, 3.05) is 6.79 Å². The van der Waals surface area contributed by atoms with Crippen LogP contribution in [0.2, 0.25) is 0 Å². The molecule has 21 heavy (non-hydrogen) atoms. The minimum absolute atomic E-state index is 0.238. The zero-order valence-corrected chi connectivity index (χ0v) is 13.2. The molecular formula is C17H17BrO3. The minimum Gasteiger partial charge on any atom is -0.454 e. The molecule has 3 nitrogen and oxygen atoms in total. The number of aliphatic hydroxyl groups excluding tert-OH is 1. The number of aryl methyl sites for hydroxylation is 1. The van der Waals surface area contributed by atoms with Crippen LogP contribution in [-0.2, 0) is 6.42 Å². The molecule has 0 saturated carbocycles. The summed E-state index contributed by atoms with van der Waals surface area (Å²) in [6, 6.07) is 14.1. The van der Waals surface area contributed by atoms with Crippen molar-refractivity contribution >= 4 is 15.9 Å². The summed E-state index contributed by atoms with van der Waals surface area (Å²) in [5.41, 5.74) is 2.16. The second-order valence-corrected chi connectivity index (χ2v) is 5.98. The van der Waals surface area contributed by atoms with E-state index in [2.05, 4.69) is 28.1 Å². The van der Waals surface area contributed by atoms with Gasteiger partial charge in [-0.2, -0.15) is 0 Å². The van der Waals surface area contributed by atoms with Gasteiger partial charge in [0.15, 0.2) is 11.5 Å². The summed E-state index contributed by atoms with van der Waals surface area (Å²) in [4.78, 5) is 0. The highest BCUT2D eigenvalue weighted by Gasteiger charge is 2.20. The Morgan fingerprint density at radius 2 is 1.95 bits per heavy atom. The number of rotatable bonds is 5. The number of benzene rings is 2. The molecule has 3 rings (SSSR count). The highest BCUT2D eigenvalue weighted by Crippen LogP contribution is 2.41. The fourth-order valence-electron chi connectivity index (χ4n) is 2.49. The molecule has 1 unspecified atom stereocenters. The largest absolute Gasteiger partial charge is 0.454 e. The Hall–Kier alpha value is -1.52. The fourth-order valence-corrected chi connectivity index (χ4v) is 3.06. The highest BCUT2D eigenvalue weighted by atomic mass is 79.9. The van der Waals surface area contributed by atoms with E-state index in [0.29, 0.717) is 5.75 Å². The average molecular weight is 349 g/mol. The number of aliphatic hydroxyl groups is 1. The summed E-state index contributed by atoms with van der Waals surface area (Å²) >= 11 is 3.46. The van der Waals surface area contributed by atoms with Crippen molar-refractivity contribution in [3.8, 4) is 11.5 Å². The van der Waals surface area contributed by atoms with Crippen LogP contribution in [0.1, 0.15) is 30.1 Å². The summed E-state index contributed by atoms with van der Waals surface area (Å²) in [7, 11) is 0. The van der Waals surface area contributed by atoms with Gasteiger partial charge in [-0.05, 0) is 58.5 Å². The molecule has 0 spiro atoms. The van der Waals surface area contributed by atoms with Crippen molar-refractivity contribution < 1.29 is 14.6 Å². The third kappa shape index (κ3) is 3.39. The predicted molar refractivity (Wildman–Crippen MR) is 84.6 cm³/mol. The molecule has 0 radical (unpaired) electrons. The van der Waals surface area contributed by atoms with E-state index < -0.39 is 6.10 Å². The molecule has 0 amide bonds. The molecule has 1 aliphatic rings. The summed E-state index contributed by atoms with van der Waals surface area (Å²) in [6.45, 7) is 0.238. The van der Waals surface area contributed by atoms with Crippen LogP contribution in [0.5, 0.6) is 11.5 Å². The molecule has 0 aromatic heterocycles. The van der Waals surface area contributed by atoms with Gasteiger partial charge < -0.3 is 14.6 Å². The van der Waals surface area contributed by atoms with Crippen molar-refractivity contribution in [3.63, 3.8) is 0 Å². The number of ether oxygens (including phenoxy) is 2. The van der Waals surface area contributed by atoms with E-state index in [-0.39, 0.29) is 6.79 Å². The maximum absolute atomic E-state index is 10.3. The van der Waals surface area contributed by atoms with E-state index in [1.54, 1.807) is 0 Å². The van der Waals surface area contributed by atoms with E-state index in [4.69, 9.17) is 9.47 Å². The number of hydrogen-bond acceptors (Lipinski definition) is 3. The van der Waals surface area contributed by atoms with Gasteiger partial charge in [-0.1, -0.05) is 30.3 Å². The van der Waals surface area contributed by atoms with Crippen molar-refractivity contribution in [1.29, 1.82) is 0 Å². The lowest BCUT2D eigenvalue weighted by molar-refractivity contribution is 0.163. The Labute approximate surface area is 132 Å². The van der Waals surface area contributed by atoms with Crippen molar-refractivity contribution in [1.82, 2.24) is 0 Å². The number of halogens is 1. The van der Waals surface area contributed by atoms with Crippen LogP contribution in [0.4, 0.5) is 0 Å². The molecule has 1 heterocycles. The SMILES string of the molecule is OC(CCCc1ccccc1)c1cc(Br)c2c(c1)OCO2. The first-order valence-electron chi connectivity index (χ1n) is 7.05. The van der Waals surface area contributed by atoms with Gasteiger partial charge in [-0.15, -0.1) is 0 Å². The van der Waals surface area contributed by atoms with E-state index in [1.165, 1.54) is 5.56 Å². The fraction of sp³-hybridized carbons (Fsp3) is 0.294. The molecule has 0 fully saturated rings. The number of hydrogen-bond donors (Lipinski definition) is 1. The Kier molecular flexibility index (Phi) is 4.46. The van der Waals surface area contributed by atoms with Crippen LogP contribution in [0, 0.1) is 0 Å². The zero-order valence-electron chi connectivity index (χ0n) is 11.6. The summed E-state index contributed by atoms with van der Waals surface area (Å²) < 4.78 is 11.6. The maximum atomic E-state index is 10.3. The van der Waals surface area contributed by atoms with E-state index in [0.717, 1.165) is 35.0 Å². The summed E-state index contributed by atoms with van der Waals surface area (Å²) in [5, 5.41) is 10.3. The van der Waals surface area contributed by atoms with Crippen LogP contribution in [0.3, 0.4) is 0 Å². The standard InChI is InChI=1S/C17H17BrO3/c18-14-9-13(10-16-17(14)21-11-20-16)15(19)8-4-7-12-5-2-1-3-6-12/h1-3,5-6,9-10,15,19H,4,7-8,11H2. The predicted octanol–water partition coefficient (Wildman–Crippen LogP) is 4.23. The third-order valence-corrected chi connectivity index (χ3v) is 4.21. The molecule has 0 aliphatic carbocycles. The average Bonchev–Trinajstić information content (AvgIpc) is 2.97. The second kappa shape index (κ2) is 6.50. The van der Waals surface area contributed by atoms with E-state index in [9.17, 15) is 5.11 Å². The molecule has 2 aromatic carbocycles. The molecule has 0 saturated heterocycles. The quantitative estimate of drug-likeness (QED) is 0.878. The highest BCUT2D eigenvalue weighted by molar-refractivity contribution is 9.10. The first-order chi connectivity index (χ1) is 10.2. The van der Waals surface area contributed by atoms with Crippen molar-refractivity contribution in [3.05, 3.63) is 58.1 Å². The van der Waals surface area contributed by atoms with Gasteiger partial charge in [0.05, 0.1) is 10.6 Å². The smallest absolute Gasteiger partial charge is 0.231 e. The van der Waals surface area contributed by atoms with Crippen LogP contribution in [0.25, 0.3) is 0 Å². The summed E-state index contributed by atoms with van der Waals surface area (Å²) in [6.07, 6.45) is 2.15. The van der Waals surface area contributed by atoms with Gasteiger partial charge in [0.25, 0.3) is 0 Å². The van der Waals surface area contributed by atoms with Crippen LogP contribution >= 0.6 is 15.9 Å². The Morgan fingerprint density at radius 3 is 2.76 bits per heavy atom. The van der Waals surface area contributed by atoms with Crippen LogP contribution in [-0.4, -0.2) is 11.9 Å². The van der Waals surface area contributed by atoms with Crippen molar-refractivity contribution in [2.45, 2.75) is 25.4 Å². The Bertz CT molecular complexity index is 613. The Balaban J connectivity index is 1.61. The van der Waals surface area contributed by atoms with Gasteiger partial charge in [0, 0.05) is 0 Å². The van der Waals surface area contributed by atoms with Crippen molar-refractivity contribution in [2.24, 2.45) is 0 Å². The molecule has 2 aromatic rings. The lowest BCUT2D eigenvalue weighted by Gasteiger charge is -2.12. The normalized spacial score (nSPS) is 14.2. The van der Waals surface area contributed by atoms with Crippen LogP contribution < -0.4 is 9.47 Å². The molecule has 0 bridgehead atoms. The number of fused-ring (bicyclic) bond motifs is 1. The molecule has 1 atom stereocenters. The first-order valence-corrected chi connectivity index (χ1v) is 7.84. The summed E-state index contributed by atoms with van der Waals surface area (Å²) in [5.74, 6) is 1.41. The lowest BCUT2D eigenvalue weighted by Crippen LogP contribution is -1.99. The monoisotopic (exact) mass is 348 g/mol. The molecule has 1 N–H and O–H groups in total. The minimum atomic E-state index is -0.487. The molecule has 1 aliphatic heterocycles. The zero-order chi connectivity index (χ0) is 14.7. The molecular weight excluding hydrogens is 332 g/mol. The van der Waals surface area contributed by atoms with E-state index >= 15 is 0 Å². The van der Waals surface area contributed by atoms with Gasteiger partial charge in [0.2, 0.25) is 6.79 Å². The van der Waals surface area contributed by atoms with Gasteiger partial charge in [-0.25, -0.2) is 0 Å². The van der Waals surface area contributed by atoms with Gasteiger partial charge in [-0.3, -0.25) is 0 Å². The molecule has 4 heteroatoms. The Morgan fingerprint density at radius 1 is 1.14 bits per heavy atom. The topological polar surface area (TPSA) is 38.7 Å². The second-order valence-electron chi connectivity index (χ2n) is 5.13. The van der Waals surface area contributed by atoms with Gasteiger partial charge in [0.1, 0.15) is 0 Å². The maximum Gasteiger partial charge on any atom is 0.231 e. The first kappa shape index (κ1) is 14.4. The lowest BCUT2D eigenvalue weighted by atomic mass is 10.0. The third-order valence-electron chi connectivity index (χ3n) is 3.62. The van der Waals surface area contributed by atoms with Gasteiger partial charge >= 0.3 is 0 Å².